The predicted molar refractivity (Wildman–Crippen MR) is 94.6 cm³/mol. The van der Waals surface area contributed by atoms with E-state index in [2.05, 4.69) is 67.1 Å². The molecular formula is C21H22N2. The van der Waals surface area contributed by atoms with E-state index >= 15 is 0 Å². The monoisotopic (exact) mass is 302 g/mol. The third-order valence-electron chi connectivity index (χ3n) is 4.15. The molecule has 0 radical (unpaired) electrons. The Labute approximate surface area is 138 Å². The Kier molecular flexibility index (Phi) is 4.24. The lowest BCUT2D eigenvalue weighted by molar-refractivity contribution is 0.590. The van der Waals surface area contributed by atoms with E-state index in [4.69, 9.17) is 0 Å². The summed E-state index contributed by atoms with van der Waals surface area (Å²) in [4.78, 5) is 8.59. The van der Waals surface area contributed by atoms with Gasteiger partial charge in [-0.15, -0.1) is 0 Å². The highest BCUT2D eigenvalue weighted by Crippen LogP contribution is 2.32. The first-order valence-corrected chi connectivity index (χ1v) is 7.96. The van der Waals surface area contributed by atoms with Gasteiger partial charge < -0.3 is 0 Å². The maximum Gasteiger partial charge on any atom is 0.0370 e. The second kappa shape index (κ2) is 6.33. The van der Waals surface area contributed by atoms with Crippen LogP contribution in [-0.4, -0.2) is 9.97 Å². The van der Waals surface area contributed by atoms with Gasteiger partial charge >= 0.3 is 0 Å². The molecule has 2 aromatic heterocycles. The Balaban J connectivity index is 2.06. The molecule has 3 rings (SSSR count). The summed E-state index contributed by atoms with van der Waals surface area (Å²) in [7, 11) is 0. The van der Waals surface area contributed by atoms with E-state index in [1.54, 1.807) is 0 Å². The van der Waals surface area contributed by atoms with Gasteiger partial charge in [0, 0.05) is 30.7 Å². The Bertz CT molecular complexity index is 702. The van der Waals surface area contributed by atoms with Crippen LogP contribution in [0.1, 0.15) is 48.9 Å². The van der Waals surface area contributed by atoms with Crippen LogP contribution in [0.4, 0.5) is 0 Å². The zero-order valence-corrected chi connectivity index (χ0v) is 13.9. The van der Waals surface area contributed by atoms with Crippen LogP contribution in [0.2, 0.25) is 0 Å². The van der Waals surface area contributed by atoms with Crippen LogP contribution >= 0.6 is 0 Å². The van der Waals surface area contributed by atoms with Crippen molar-refractivity contribution in [1.82, 2.24) is 9.97 Å². The Morgan fingerprint density at radius 1 is 0.696 bits per heavy atom. The SMILES string of the molecule is CC(C)(C)c1ccc(C(c2cccnc2)c2cccnc2)cc1. The molecule has 0 amide bonds. The molecule has 0 aliphatic rings. The Morgan fingerprint density at radius 2 is 1.22 bits per heavy atom. The van der Waals surface area contributed by atoms with Crippen molar-refractivity contribution in [3.05, 3.63) is 95.6 Å². The van der Waals surface area contributed by atoms with Crippen LogP contribution in [0.3, 0.4) is 0 Å². The Hall–Kier alpha value is -2.48. The van der Waals surface area contributed by atoms with Gasteiger partial charge in [-0.3, -0.25) is 9.97 Å². The number of benzene rings is 1. The maximum absolute atomic E-state index is 4.29. The lowest BCUT2D eigenvalue weighted by atomic mass is 9.83. The Morgan fingerprint density at radius 3 is 1.61 bits per heavy atom. The summed E-state index contributed by atoms with van der Waals surface area (Å²) in [5, 5.41) is 0. The highest BCUT2D eigenvalue weighted by molar-refractivity contribution is 5.42. The summed E-state index contributed by atoms with van der Waals surface area (Å²) >= 11 is 0. The molecule has 0 bridgehead atoms. The van der Waals surface area contributed by atoms with Crippen molar-refractivity contribution in [3.63, 3.8) is 0 Å². The highest BCUT2D eigenvalue weighted by Gasteiger charge is 2.19. The van der Waals surface area contributed by atoms with Gasteiger partial charge in [0.05, 0.1) is 0 Å². The van der Waals surface area contributed by atoms with Crippen molar-refractivity contribution in [2.24, 2.45) is 0 Å². The molecule has 0 aliphatic heterocycles. The van der Waals surface area contributed by atoms with Crippen molar-refractivity contribution in [3.8, 4) is 0 Å². The first-order valence-electron chi connectivity index (χ1n) is 7.96. The molecular weight excluding hydrogens is 280 g/mol. The number of hydrogen-bond donors (Lipinski definition) is 0. The largest absolute Gasteiger partial charge is 0.264 e. The summed E-state index contributed by atoms with van der Waals surface area (Å²) in [6.07, 6.45) is 7.50. The molecule has 1 aromatic carbocycles. The number of hydrogen-bond acceptors (Lipinski definition) is 2. The zero-order chi connectivity index (χ0) is 16.3. The quantitative estimate of drug-likeness (QED) is 0.684. The molecule has 116 valence electrons. The summed E-state index contributed by atoms with van der Waals surface area (Å²) in [5.74, 6) is 0.159. The van der Waals surface area contributed by atoms with Crippen molar-refractivity contribution in [1.29, 1.82) is 0 Å². The fourth-order valence-electron chi connectivity index (χ4n) is 2.85. The number of rotatable bonds is 3. The molecule has 0 atom stereocenters. The molecule has 2 heteroatoms. The van der Waals surface area contributed by atoms with Gasteiger partial charge in [0.15, 0.2) is 0 Å². The van der Waals surface area contributed by atoms with Crippen LogP contribution in [0.15, 0.2) is 73.3 Å². The number of nitrogens with zero attached hydrogens (tertiary/aromatic N) is 2. The molecule has 23 heavy (non-hydrogen) atoms. The van der Waals surface area contributed by atoms with Gasteiger partial charge in [0.1, 0.15) is 0 Å². The minimum absolute atomic E-state index is 0.159. The smallest absolute Gasteiger partial charge is 0.0370 e. The van der Waals surface area contributed by atoms with E-state index in [1.807, 2.05) is 36.9 Å². The van der Waals surface area contributed by atoms with Crippen LogP contribution in [-0.2, 0) is 5.41 Å². The second-order valence-electron chi connectivity index (χ2n) is 6.88. The predicted octanol–water partition coefficient (Wildman–Crippen LogP) is 4.95. The molecule has 0 saturated heterocycles. The molecule has 0 spiro atoms. The molecule has 0 saturated carbocycles. The first-order chi connectivity index (χ1) is 11.1. The average Bonchev–Trinajstić information content (AvgIpc) is 2.57. The van der Waals surface area contributed by atoms with Gasteiger partial charge in [-0.05, 0) is 39.8 Å². The van der Waals surface area contributed by atoms with E-state index in [0.717, 1.165) is 0 Å². The molecule has 3 aromatic rings. The first kappa shape index (κ1) is 15.4. The highest BCUT2D eigenvalue weighted by atomic mass is 14.6. The number of aromatic nitrogens is 2. The molecule has 0 aliphatic carbocycles. The van der Waals surface area contributed by atoms with E-state index < -0.39 is 0 Å². The van der Waals surface area contributed by atoms with Gasteiger partial charge in [0.25, 0.3) is 0 Å². The summed E-state index contributed by atoms with van der Waals surface area (Å²) in [5.41, 5.74) is 5.14. The van der Waals surface area contributed by atoms with Crippen LogP contribution < -0.4 is 0 Å². The van der Waals surface area contributed by atoms with E-state index in [0.29, 0.717) is 0 Å². The van der Waals surface area contributed by atoms with Gasteiger partial charge in [-0.25, -0.2) is 0 Å². The standard InChI is InChI=1S/C21H22N2/c1-21(2,3)19-10-8-16(9-11-19)20(17-6-4-12-22-14-17)18-7-5-13-23-15-18/h4-15,20H,1-3H3. The van der Waals surface area contributed by atoms with Gasteiger partial charge in [0.2, 0.25) is 0 Å². The fraction of sp³-hybridized carbons (Fsp3) is 0.238. The second-order valence-corrected chi connectivity index (χ2v) is 6.88. The fourth-order valence-corrected chi connectivity index (χ4v) is 2.85. The average molecular weight is 302 g/mol. The summed E-state index contributed by atoms with van der Waals surface area (Å²) < 4.78 is 0. The van der Waals surface area contributed by atoms with Gasteiger partial charge in [-0.2, -0.15) is 0 Å². The van der Waals surface area contributed by atoms with Gasteiger partial charge in [-0.1, -0.05) is 57.2 Å². The van der Waals surface area contributed by atoms with Crippen LogP contribution in [0.5, 0.6) is 0 Å². The van der Waals surface area contributed by atoms with Crippen molar-refractivity contribution in [2.75, 3.05) is 0 Å². The van der Waals surface area contributed by atoms with Crippen LogP contribution in [0, 0.1) is 0 Å². The van der Waals surface area contributed by atoms with Crippen LogP contribution in [0.25, 0.3) is 0 Å². The van der Waals surface area contributed by atoms with E-state index in [9.17, 15) is 0 Å². The normalized spacial score (nSPS) is 11.7. The lowest BCUT2D eigenvalue weighted by Gasteiger charge is -2.22. The molecule has 2 heterocycles. The van der Waals surface area contributed by atoms with E-state index in [-0.39, 0.29) is 11.3 Å². The van der Waals surface area contributed by atoms with Crippen molar-refractivity contribution >= 4 is 0 Å². The molecule has 0 fully saturated rings. The van der Waals surface area contributed by atoms with Crippen molar-refractivity contribution in [2.45, 2.75) is 32.1 Å². The molecule has 0 N–H and O–H groups in total. The third-order valence-corrected chi connectivity index (χ3v) is 4.15. The van der Waals surface area contributed by atoms with E-state index in [1.165, 1.54) is 22.3 Å². The lowest BCUT2D eigenvalue weighted by Crippen LogP contribution is -2.11. The minimum Gasteiger partial charge on any atom is -0.264 e. The number of pyridine rings is 2. The topological polar surface area (TPSA) is 25.8 Å². The molecule has 0 unspecified atom stereocenters. The maximum atomic E-state index is 4.29. The summed E-state index contributed by atoms with van der Waals surface area (Å²) in [6.45, 7) is 6.71. The third kappa shape index (κ3) is 3.48. The minimum atomic E-state index is 0.159. The summed E-state index contributed by atoms with van der Waals surface area (Å²) in [6, 6.07) is 17.1. The van der Waals surface area contributed by atoms with Crippen molar-refractivity contribution < 1.29 is 0 Å². The zero-order valence-electron chi connectivity index (χ0n) is 13.9. The molecule has 2 nitrogen and oxygen atoms in total.